The second-order valence-electron chi connectivity index (χ2n) is 3.86. The molecule has 0 saturated carbocycles. The highest BCUT2D eigenvalue weighted by Gasteiger charge is 2.21. The van der Waals surface area contributed by atoms with Crippen molar-refractivity contribution in [3.63, 3.8) is 0 Å². The third-order valence-corrected chi connectivity index (χ3v) is 3.12. The molecule has 18 heavy (non-hydrogen) atoms. The summed E-state index contributed by atoms with van der Waals surface area (Å²) < 4.78 is 5.86. The number of carbonyl (C=O) groups excluding carboxylic acids is 2. The van der Waals surface area contributed by atoms with Crippen LogP contribution in [0.2, 0.25) is 0 Å². The highest BCUT2D eigenvalue weighted by molar-refractivity contribution is 14.1. The maximum absolute atomic E-state index is 12.2. The Morgan fingerprint density at radius 3 is 2.61 bits per heavy atom. The van der Waals surface area contributed by atoms with Crippen LogP contribution in [0.25, 0.3) is 0 Å². The average Bonchev–Trinajstić information content (AvgIpc) is 2.29. The zero-order valence-corrected chi connectivity index (χ0v) is 12.6. The average molecular weight is 362 g/mol. The highest BCUT2D eigenvalue weighted by atomic mass is 127. The molecule has 1 aromatic rings. The minimum atomic E-state index is -0.632. The molecule has 1 amide bonds. The number of esters is 1. The lowest BCUT2D eigenvalue weighted by Crippen LogP contribution is -2.38. The van der Waals surface area contributed by atoms with Crippen LogP contribution in [0, 0.1) is 3.57 Å². The van der Waals surface area contributed by atoms with Gasteiger partial charge in [-0.1, -0.05) is 0 Å². The van der Waals surface area contributed by atoms with Gasteiger partial charge < -0.3 is 15.4 Å². The van der Waals surface area contributed by atoms with Crippen molar-refractivity contribution < 1.29 is 14.3 Å². The zero-order chi connectivity index (χ0) is 13.9. The van der Waals surface area contributed by atoms with Crippen molar-refractivity contribution in [1.29, 1.82) is 0 Å². The van der Waals surface area contributed by atoms with E-state index in [2.05, 4.69) is 22.6 Å². The first-order valence-electron chi connectivity index (χ1n) is 5.32. The van der Waals surface area contributed by atoms with Gasteiger partial charge in [-0.05, 0) is 47.7 Å². The lowest BCUT2D eigenvalue weighted by atomic mass is 10.1. The van der Waals surface area contributed by atoms with Crippen molar-refractivity contribution in [3.05, 3.63) is 27.3 Å². The van der Waals surface area contributed by atoms with Crippen molar-refractivity contribution in [1.82, 2.24) is 4.90 Å². The number of ether oxygens (including phenoxy) is 1. The van der Waals surface area contributed by atoms with E-state index in [4.69, 9.17) is 10.5 Å². The quantitative estimate of drug-likeness (QED) is 0.386. The molecule has 1 aromatic carbocycles. The first-order chi connectivity index (χ1) is 8.32. The molecule has 0 aliphatic heterocycles. The van der Waals surface area contributed by atoms with Gasteiger partial charge in [0.25, 0.3) is 5.91 Å². The predicted molar refractivity (Wildman–Crippen MR) is 76.9 cm³/mol. The van der Waals surface area contributed by atoms with Crippen molar-refractivity contribution in [2.75, 3.05) is 12.8 Å². The van der Waals surface area contributed by atoms with E-state index in [0.29, 0.717) is 11.3 Å². The summed E-state index contributed by atoms with van der Waals surface area (Å²) in [7, 11) is 1.56. The molecule has 98 valence electrons. The topological polar surface area (TPSA) is 72.6 Å². The number of carbonyl (C=O) groups is 2. The largest absolute Gasteiger partial charge is 0.442 e. The molecule has 0 fully saturated rings. The maximum atomic E-state index is 12.2. The van der Waals surface area contributed by atoms with Gasteiger partial charge in [-0.2, -0.15) is 0 Å². The van der Waals surface area contributed by atoms with Gasteiger partial charge in [-0.15, -0.1) is 0 Å². The molecule has 0 heterocycles. The van der Waals surface area contributed by atoms with Crippen LogP contribution in [0.1, 0.15) is 24.2 Å². The summed E-state index contributed by atoms with van der Waals surface area (Å²) in [4.78, 5) is 24.4. The normalized spacial score (nSPS) is 11.8. The number of amides is 1. The monoisotopic (exact) mass is 362 g/mol. The number of nitrogens with two attached hydrogens (primary N) is 1. The molecule has 0 aliphatic carbocycles. The molecule has 0 spiro atoms. The second-order valence-corrected chi connectivity index (χ2v) is 5.10. The Morgan fingerprint density at radius 1 is 1.44 bits per heavy atom. The Hall–Kier alpha value is -1.31. The first-order valence-corrected chi connectivity index (χ1v) is 6.40. The van der Waals surface area contributed by atoms with Gasteiger partial charge >= 0.3 is 5.97 Å². The van der Waals surface area contributed by atoms with Gasteiger partial charge in [-0.25, -0.2) is 0 Å². The summed E-state index contributed by atoms with van der Waals surface area (Å²) >= 11 is 2.10. The highest BCUT2D eigenvalue weighted by Crippen LogP contribution is 2.18. The van der Waals surface area contributed by atoms with E-state index in [1.807, 2.05) is 6.07 Å². The second kappa shape index (κ2) is 6.03. The van der Waals surface area contributed by atoms with E-state index in [9.17, 15) is 9.59 Å². The minimum Gasteiger partial charge on any atom is -0.442 e. The molecule has 1 unspecified atom stereocenters. The van der Waals surface area contributed by atoms with E-state index in [1.165, 1.54) is 11.8 Å². The summed E-state index contributed by atoms with van der Waals surface area (Å²) in [6.45, 7) is 2.93. The summed E-state index contributed by atoms with van der Waals surface area (Å²) in [5, 5.41) is 0. The molecule has 2 N–H and O–H groups in total. The van der Waals surface area contributed by atoms with Gasteiger partial charge in [0.05, 0.1) is 5.56 Å². The number of hydrogen-bond donors (Lipinski definition) is 1. The van der Waals surface area contributed by atoms with Crippen molar-refractivity contribution in [2.24, 2.45) is 0 Å². The number of nitrogen functional groups attached to an aromatic ring is 1. The van der Waals surface area contributed by atoms with Crippen LogP contribution in [0.4, 0.5) is 5.69 Å². The molecular formula is C12H15IN2O3. The van der Waals surface area contributed by atoms with Gasteiger partial charge in [0, 0.05) is 23.2 Å². The maximum Gasteiger partial charge on any atom is 0.304 e. The molecule has 6 heteroatoms. The van der Waals surface area contributed by atoms with Gasteiger partial charge in [0.2, 0.25) is 0 Å². The molecule has 0 aromatic heterocycles. The van der Waals surface area contributed by atoms with E-state index < -0.39 is 12.2 Å². The molecule has 5 nitrogen and oxygen atoms in total. The number of anilines is 1. The van der Waals surface area contributed by atoms with E-state index in [0.717, 1.165) is 3.57 Å². The number of nitrogens with zero attached hydrogens (tertiary/aromatic N) is 1. The lowest BCUT2D eigenvalue weighted by molar-refractivity contribution is -0.151. The fraction of sp³-hybridized carbons (Fsp3) is 0.333. The van der Waals surface area contributed by atoms with Crippen molar-refractivity contribution in [3.8, 4) is 0 Å². The van der Waals surface area contributed by atoms with Crippen LogP contribution in [0.3, 0.4) is 0 Å². The van der Waals surface area contributed by atoms with E-state index >= 15 is 0 Å². The summed E-state index contributed by atoms with van der Waals surface area (Å²) in [6.07, 6.45) is -0.632. The number of hydrogen-bond acceptors (Lipinski definition) is 4. The molecule has 1 atom stereocenters. The third kappa shape index (κ3) is 3.59. The molecule has 0 saturated heterocycles. The number of rotatable bonds is 3. The molecule has 1 rings (SSSR count). The molecule has 0 aliphatic rings. The Kier molecular flexibility index (Phi) is 4.94. The van der Waals surface area contributed by atoms with Crippen LogP contribution in [-0.4, -0.2) is 30.1 Å². The van der Waals surface area contributed by atoms with E-state index in [-0.39, 0.29) is 5.91 Å². The van der Waals surface area contributed by atoms with Crippen LogP contribution < -0.4 is 5.73 Å². The first kappa shape index (κ1) is 14.7. The molecule has 0 bridgehead atoms. The van der Waals surface area contributed by atoms with Crippen molar-refractivity contribution in [2.45, 2.75) is 20.1 Å². The van der Waals surface area contributed by atoms with Crippen molar-refractivity contribution >= 4 is 40.2 Å². The molecular weight excluding hydrogens is 347 g/mol. The van der Waals surface area contributed by atoms with Gasteiger partial charge in [0.1, 0.15) is 0 Å². The third-order valence-electron chi connectivity index (χ3n) is 2.45. The number of benzene rings is 1. The Labute approximate surface area is 119 Å². The van der Waals surface area contributed by atoms with Gasteiger partial charge in [-0.3, -0.25) is 9.59 Å². The Bertz CT molecular complexity index is 476. The SMILES string of the molecule is CC(=O)OC(C)N(C)C(=O)c1cc(I)ccc1N. The van der Waals surface area contributed by atoms with Crippen LogP contribution in [-0.2, 0) is 9.53 Å². The Morgan fingerprint density at radius 2 is 2.06 bits per heavy atom. The summed E-state index contributed by atoms with van der Waals surface area (Å²) in [5.74, 6) is -0.711. The Balaban J connectivity index is 2.92. The zero-order valence-electron chi connectivity index (χ0n) is 10.4. The number of halogens is 1. The minimum absolute atomic E-state index is 0.278. The fourth-order valence-corrected chi connectivity index (χ4v) is 1.88. The smallest absolute Gasteiger partial charge is 0.304 e. The standard InChI is InChI=1S/C12H15IN2O3/c1-7(18-8(2)16)15(3)12(17)10-6-9(13)4-5-11(10)14/h4-7H,14H2,1-3H3. The van der Waals surface area contributed by atoms with Gasteiger partial charge in [0.15, 0.2) is 6.23 Å². The lowest BCUT2D eigenvalue weighted by Gasteiger charge is -2.24. The molecule has 0 radical (unpaired) electrons. The van der Waals surface area contributed by atoms with E-state index in [1.54, 1.807) is 26.1 Å². The van der Waals surface area contributed by atoms with Crippen LogP contribution >= 0.6 is 22.6 Å². The summed E-state index contributed by atoms with van der Waals surface area (Å²) in [5.41, 5.74) is 6.58. The van der Waals surface area contributed by atoms with Crippen LogP contribution in [0.15, 0.2) is 18.2 Å². The fourth-order valence-electron chi connectivity index (χ4n) is 1.39. The van der Waals surface area contributed by atoms with Crippen LogP contribution in [0.5, 0.6) is 0 Å². The predicted octanol–water partition coefficient (Wildman–Crippen LogP) is 1.85. The summed E-state index contributed by atoms with van der Waals surface area (Å²) in [6, 6.07) is 5.21.